The molecule has 8 heteroatoms. The number of nitrogens with one attached hydrogen (secondary N) is 4. The molecule has 0 aromatic rings. The Morgan fingerprint density at radius 1 is 1.00 bits per heavy atom. The maximum absolute atomic E-state index is 8.72. The molecular formula is C6H12N6O2. The molecular weight excluding hydrogens is 188 g/mol. The smallest absolute Gasteiger partial charge is 0.191 e. The number of nitrogens with zero attached hydrogens (tertiary/aromatic N) is 2. The Bertz CT molecular complexity index is 249. The number of piperazine rings is 1. The van der Waals surface area contributed by atoms with Gasteiger partial charge in [0.1, 0.15) is 12.3 Å². The summed E-state index contributed by atoms with van der Waals surface area (Å²) in [7, 11) is 0. The summed E-state index contributed by atoms with van der Waals surface area (Å²) >= 11 is 0. The van der Waals surface area contributed by atoms with E-state index in [0.29, 0.717) is 0 Å². The zero-order valence-corrected chi connectivity index (χ0v) is 7.36. The SMILES string of the molecule is ONC1=NC2NCCNC2N=C1NO. The Balaban J connectivity index is 2.19. The van der Waals surface area contributed by atoms with Gasteiger partial charge in [0.25, 0.3) is 0 Å². The van der Waals surface area contributed by atoms with Crippen LogP contribution in [0.4, 0.5) is 0 Å². The van der Waals surface area contributed by atoms with Crippen molar-refractivity contribution >= 4 is 11.7 Å². The number of hydrogen-bond donors (Lipinski definition) is 6. The van der Waals surface area contributed by atoms with Crippen molar-refractivity contribution in [3.05, 3.63) is 0 Å². The molecule has 0 aromatic heterocycles. The maximum atomic E-state index is 8.72. The summed E-state index contributed by atoms with van der Waals surface area (Å²) in [6.45, 7) is 1.58. The second-order valence-corrected chi connectivity index (χ2v) is 2.98. The highest BCUT2D eigenvalue weighted by molar-refractivity contribution is 6.40. The van der Waals surface area contributed by atoms with Crippen LogP contribution in [-0.2, 0) is 0 Å². The monoisotopic (exact) mass is 200 g/mol. The number of hydrogen-bond acceptors (Lipinski definition) is 8. The Labute approximate surface area is 80.0 Å². The normalized spacial score (nSPS) is 31.3. The largest absolute Gasteiger partial charge is 0.291 e. The van der Waals surface area contributed by atoms with Crippen molar-refractivity contribution in [3.63, 3.8) is 0 Å². The molecule has 0 spiro atoms. The van der Waals surface area contributed by atoms with Crippen LogP contribution in [0.1, 0.15) is 0 Å². The van der Waals surface area contributed by atoms with Gasteiger partial charge in [-0.2, -0.15) is 0 Å². The third kappa shape index (κ3) is 1.55. The van der Waals surface area contributed by atoms with E-state index in [4.69, 9.17) is 10.4 Å². The van der Waals surface area contributed by atoms with Crippen LogP contribution in [-0.4, -0.2) is 47.5 Å². The number of amidine groups is 2. The van der Waals surface area contributed by atoms with Crippen molar-refractivity contribution in [3.8, 4) is 0 Å². The van der Waals surface area contributed by atoms with Gasteiger partial charge in [-0.3, -0.25) is 21.0 Å². The molecule has 0 radical (unpaired) electrons. The van der Waals surface area contributed by atoms with Crippen LogP contribution in [0.2, 0.25) is 0 Å². The number of fused-ring (bicyclic) bond motifs is 1. The summed E-state index contributed by atoms with van der Waals surface area (Å²) in [6.07, 6.45) is -0.425. The Hall–Kier alpha value is -1.22. The number of rotatable bonds is 0. The fourth-order valence-corrected chi connectivity index (χ4v) is 1.46. The van der Waals surface area contributed by atoms with Crippen LogP contribution in [0.15, 0.2) is 9.98 Å². The van der Waals surface area contributed by atoms with Crippen molar-refractivity contribution in [1.29, 1.82) is 0 Å². The zero-order valence-electron chi connectivity index (χ0n) is 7.36. The predicted octanol–water partition coefficient (Wildman–Crippen LogP) is -2.40. The van der Waals surface area contributed by atoms with E-state index < -0.39 is 0 Å². The first-order chi connectivity index (χ1) is 6.85. The average molecular weight is 200 g/mol. The van der Waals surface area contributed by atoms with E-state index in [-0.39, 0.29) is 24.0 Å². The van der Waals surface area contributed by atoms with Gasteiger partial charge >= 0.3 is 0 Å². The molecule has 1 saturated heterocycles. The van der Waals surface area contributed by atoms with Crippen LogP contribution < -0.4 is 21.6 Å². The summed E-state index contributed by atoms with van der Waals surface area (Å²) in [6, 6.07) is 0. The van der Waals surface area contributed by atoms with E-state index in [0.717, 1.165) is 13.1 Å². The highest BCUT2D eigenvalue weighted by Crippen LogP contribution is 2.06. The number of hydroxylamine groups is 2. The summed E-state index contributed by atoms with van der Waals surface area (Å²) in [4.78, 5) is 8.21. The van der Waals surface area contributed by atoms with Gasteiger partial charge in [-0.05, 0) is 0 Å². The standard InChI is InChI=1S/C6H12N6O2/c13-11-5-6(12-14)10-4-3(9-5)7-1-2-8-4/h3-4,7-8,13-14H,1-2H2,(H,9,11)(H,10,12). The van der Waals surface area contributed by atoms with E-state index in [9.17, 15) is 0 Å². The quantitative estimate of drug-likeness (QED) is 0.243. The molecule has 2 aliphatic rings. The zero-order chi connectivity index (χ0) is 9.97. The minimum atomic E-state index is -0.213. The highest BCUT2D eigenvalue weighted by atomic mass is 16.5. The predicted molar refractivity (Wildman–Crippen MR) is 48.3 cm³/mol. The Morgan fingerprint density at radius 2 is 1.43 bits per heavy atom. The Kier molecular flexibility index (Phi) is 2.59. The lowest BCUT2D eigenvalue weighted by Gasteiger charge is -2.31. The van der Waals surface area contributed by atoms with Gasteiger partial charge in [-0.1, -0.05) is 0 Å². The third-order valence-corrected chi connectivity index (χ3v) is 2.10. The second-order valence-electron chi connectivity index (χ2n) is 2.98. The van der Waals surface area contributed by atoms with Gasteiger partial charge in [0.05, 0.1) is 0 Å². The van der Waals surface area contributed by atoms with E-state index in [1.54, 1.807) is 0 Å². The van der Waals surface area contributed by atoms with E-state index in [1.807, 2.05) is 11.0 Å². The molecule has 1 fully saturated rings. The van der Waals surface area contributed by atoms with E-state index in [1.165, 1.54) is 0 Å². The van der Waals surface area contributed by atoms with Gasteiger partial charge in [0, 0.05) is 13.1 Å². The molecule has 2 aliphatic heterocycles. The summed E-state index contributed by atoms with van der Waals surface area (Å²) in [5.74, 6) is 0.231. The van der Waals surface area contributed by atoms with Crippen molar-refractivity contribution in [2.24, 2.45) is 9.98 Å². The van der Waals surface area contributed by atoms with Gasteiger partial charge < -0.3 is 0 Å². The van der Waals surface area contributed by atoms with E-state index in [2.05, 4.69) is 20.6 Å². The molecule has 2 unspecified atom stereocenters. The topological polar surface area (TPSA) is 113 Å². The van der Waals surface area contributed by atoms with Crippen LogP contribution in [0, 0.1) is 0 Å². The molecule has 8 nitrogen and oxygen atoms in total. The van der Waals surface area contributed by atoms with Crippen LogP contribution in [0.3, 0.4) is 0 Å². The van der Waals surface area contributed by atoms with Crippen molar-refractivity contribution in [1.82, 2.24) is 21.6 Å². The number of aliphatic imine (C=N–C) groups is 2. The van der Waals surface area contributed by atoms with Gasteiger partial charge in [-0.15, -0.1) is 0 Å². The first-order valence-electron chi connectivity index (χ1n) is 4.28. The molecule has 6 N–H and O–H groups in total. The molecule has 0 saturated carbocycles. The minimum Gasteiger partial charge on any atom is -0.291 e. The first-order valence-corrected chi connectivity index (χ1v) is 4.28. The molecule has 0 amide bonds. The summed E-state index contributed by atoms with van der Waals surface area (Å²) < 4.78 is 0. The van der Waals surface area contributed by atoms with Crippen LogP contribution >= 0.6 is 0 Å². The molecule has 0 aromatic carbocycles. The van der Waals surface area contributed by atoms with Crippen LogP contribution in [0.25, 0.3) is 0 Å². The molecule has 78 valence electrons. The molecule has 2 heterocycles. The molecule has 0 bridgehead atoms. The van der Waals surface area contributed by atoms with E-state index >= 15 is 0 Å². The molecule has 2 rings (SSSR count). The minimum absolute atomic E-state index is 0.116. The molecule has 2 atom stereocenters. The maximum Gasteiger partial charge on any atom is 0.191 e. The first kappa shape index (κ1) is 9.34. The fraction of sp³-hybridized carbons (Fsp3) is 0.667. The second kappa shape index (κ2) is 3.88. The lowest BCUT2D eigenvalue weighted by Crippen LogP contribution is -2.58. The van der Waals surface area contributed by atoms with Crippen molar-refractivity contribution < 1.29 is 10.4 Å². The van der Waals surface area contributed by atoms with Crippen molar-refractivity contribution in [2.45, 2.75) is 12.3 Å². The molecule has 14 heavy (non-hydrogen) atoms. The highest BCUT2D eigenvalue weighted by Gasteiger charge is 2.29. The van der Waals surface area contributed by atoms with Crippen LogP contribution in [0.5, 0.6) is 0 Å². The van der Waals surface area contributed by atoms with Gasteiger partial charge in [0.2, 0.25) is 0 Å². The summed E-state index contributed by atoms with van der Waals surface area (Å²) in [5.41, 5.74) is 3.73. The third-order valence-electron chi connectivity index (χ3n) is 2.10. The lowest BCUT2D eigenvalue weighted by molar-refractivity contribution is 0.216. The Morgan fingerprint density at radius 3 is 1.79 bits per heavy atom. The lowest BCUT2D eigenvalue weighted by atomic mass is 10.2. The van der Waals surface area contributed by atoms with Crippen molar-refractivity contribution in [2.75, 3.05) is 13.1 Å². The van der Waals surface area contributed by atoms with Gasteiger partial charge in [0.15, 0.2) is 11.7 Å². The van der Waals surface area contributed by atoms with Gasteiger partial charge in [-0.25, -0.2) is 20.9 Å². The summed E-state index contributed by atoms with van der Waals surface area (Å²) in [5, 5.41) is 23.7. The average Bonchev–Trinajstić information content (AvgIpc) is 2.27. The fourth-order valence-electron chi connectivity index (χ4n) is 1.46. The molecule has 0 aliphatic carbocycles.